The van der Waals surface area contributed by atoms with Crippen molar-refractivity contribution in [2.45, 2.75) is 38.1 Å². The molecule has 0 aliphatic carbocycles. The number of benzene rings is 1. The lowest BCUT2D eigenvalue weighted by atomic mass is 10.1. The minimum absolute atomic E-state index is 0.0672. The lowest BCUT2D eigenvalue weighted by Gasteiger charge is -2.20. The Morgan fingerprint density at radius 3 is 2.24 bits per heavy atom. The zero-order valence-corrected chi connectivity index (χ0v) is 12.3. The molecule has 0 fully saturated rings. The molecule has 1 aromatic carbocycles. The fraction of sp³-hybridized carbons (Fsp3) is 0.500. The van der Waals surface area contributed by atoms with E-state index >= 15 is 0 Å². The molecule has 0 aromatic heterocycles. The van der Waals surface area contributed by atoms with Gasteiger partial charge in [-0.05, 0) is 24.0 Å². The van der Waals surface area contributed by atoms with Crippen LogP contribution in [0.4, 0.5) is 0 Å². The smallest absolute Gasteiger partial charge is 0.236 e. The fourth-order valence-corrected chi connectivity index (χ4v) is 2.00. The highest BCUT2D eigenvalue weighted by Crippen LogP contribution is 2.12. The van der Waals surface area contributed by atoms with Crippen molar-refractivity contribution in [3.63, 3.8) is 0 Å². The quantitative estimate of drug-likeness (QED) is 0.763. The summed E-state index contributed by atoms with van der Waals surface area (Å²) in [6.45, 7) is 4.81. The predicted octanol–water partition coefficient (Wildman–Crippen LogP) is 3.38. The Morgan fingerprint density at radius 1 is 1.24 bits per heavy atom. The van der Waals surface area contributed by atoms with Crippen LogP contribution >= 0.6 is 15.9 Å². The van der Waals surface area contributed by atoms with Gasteiger partial charge in [-0.15, -0.1) is 0 Å². The van der Waals surface area contributed by atoms with E-state index in [4.69, 9.17) is 0 Å². The summed E-state index contributed by atoms with van der Waals surface area (Å²) >= 11 is 3.39. The molecule has 0 saturated carbocycles. The zero-order chi connectivity index (χ0) is 12.8. The molecule has 1 aromatic rings. The van der Waals surface area contributed by atoms with Gasteiger partial charge < -0.3 is 4.90 Å². The number of carbonyl (C=O) groups is 1. The van der Waals surface area contributed by atoms with Gasteiger partial charge in [-0.25, -0.2) is 0 Å². The van der Waals surface area contributed by atoms with Gasteiger partial charge in [-0.3, -0.25) is 4.79 Å². The molecule has 0 saturated heterocycles. The van der Waals surface area contributed by atoms with Crippen LogP contribution < -0.4 is 0 Å². The highest BCUT2D eigenvalue weighted by atomic mass is 79.9. The Balaban J connectivity index is 2.61. The lowest BCUT2D eigenvalue weighted by Crippen LogP contribution is -2.32. The van der Waals surface area contributed by atoms with E-state index in [2.05, 4.69) is 47.1 Å². The average Bonchev–Trinajstić information content (AvgIpc) is 2.37. The van der Waals surface area contributed by atoms with E-state index in [9.17, 15) is 4.79 Å². The lowest BCUT2D eigenvalue weighted by molar-refractivity contribution is -0.129. The van der Waals surface area contributed by atoms with Crippen LogP contribution in [0.15, 0.2) is 24.3 Å². The zero-order valence-electron chi connectivity index (χ0n) is 10.7. The number of aryl methyl sites for hydroxylation is 1. The first kappa shape index (κ1) is 14.2. The second-order valence-electron chi connectivity index (χ2n) is 4.24. The second kappa shape index (κ2) is 6.80. The van der Waals surface area contributed by atoms with Crippen molar-refractivity contribution in [3.8, 4) is 0 Å². The molecule has 17 heavy (non-hydrogen) atoms. The third-order valence-corrected chi connectivity index (χ3v) is 3.89. The third-order valence-electron chi connectivity index (χ3n) is 2.85. The maximum Gasteiger partial charge on any atom is 0.236 e. The molecule has 0 spiro atoms. The van der Waals surface area contributed by atoms with Crippen molar-refractivity contribution >= 4 is 21.8 Å². The Labute approximate surface area is 112 Å². The molecule has 0 radical (unpaired) electrons. The Hall–Kier alpha value is -0.830. The molecular weight excluding hydrogens is 278 g/mol. The van der Waals surface area contributed by atoms with Gasteiger partial charge in [0.1, 0.15) is 0 Å². The molecular formula is C14H20BrNO. The SMILES string of the molecule is CCc1ccc(CN(C)C(=O)C(Br)CC)cc1. The molecule has 0 N–H and O–H groups in total. The van der Waals surface area contributed by atoms with Crippen molar-refractivity contribution in [3.05, 3.63) is 35.4 Å². The minimum atomic E-state index is -0.0672. The first-order valence-corrected chi connectivity index (χ1v) is 6.96. The monoisotopic (exact) mass is 297 g/mol. The average molecular weight is 298 g/mol. The summed E-state index contributed by atoms with van der Waals surface area (Å²) in [5.41, 5.74) is 2.50. The number of rotatable bonds is 5. The van der Waals surface area contributed by atoms with Gasteiger partial charge in [0, 0.05) is 13.6 Å². The van der Waals surface area contributed by atoms with Gasteiger partial charge in [0.15, 0.2) is 0 Å². The molecule has 1 amide bonds. The molecule has 1 atom stereocenters. The topological polar surface area (TPSA) is 20.3 Å². The van der Waals surface area contributed by atoms with Crippen LogP contribution in [-0.4, -0.2) is 22.7 Å². The molecule has 3 heteroatoms. The summed E-state index contributed by atoms with van der Waals surface area (Å²) in [5.74, 6) is 0.145. The van der Waals surface area contributed by atoms with Crippen LogP contribution in [-0.2, 0) is 17.8 Å². The van der Waals surface area contributed by atoms with Gasteiger partial charge in [-0.1, -0.05) is 54.0 Å². The highest BCUT2D eigenvalue weighted by molar-refractivity contribution is 9.10. The maximum atomic E-state index is 11.9. The molecule has 0 heterocycles. The van der Waals surface area contributed by atoms with Crippen molar-refractivity contribution in [1.82, 2.24) is 4.90 Å². The van der Waals surface area contributed by atoms with Crippen molar-refractivity contribution in [1.29, 1.82) is 0 Å². The Bertz CT molecular complexity index is 361. The van der Waals surface area contributed by atoms with Crippen LogP contribution in [0.2, 0.25) is 0 Å². The third kappa shape index (κ3) is 4.15. The number of hydrogen-bond donors (Lipinski definition) is 0. The van der Waals surface area contributed by atoms with Crippen molar-refractivity contribution in [2.24, 2.45) is 0 Å². The van der Waals surface area contributed by atoms with Crippen LogP contribution in [0.1, 0.15) is 31.4 Å². The number of hydrogen-bond acceptors (Lipinski definition) is 1. The van der Waals surface area contributed by atoms with E-state index in [1.165, 1.54) is 11.1 Å². The summed E-state index contributed by atoms with van der Waals surface area (Å²) in [5, 5.41) is 0. The van der Waals surface area contributed by atoms with Gasteiger partial charge in [0.25, 0.3) is 0 Å². The van der Waals surface area contributed by atoms with E-state index in [0.29, 0.717) is 6.54 Å². The van der Waals surface area contributed by atoms with Gasteiger partial charge in [0.05, 0.1) is 4.83 Å². The van der Waals surface area contributed by atoms with E-state index in [1.807, 2.05) is 14.0 Å². The summed E-state index contributed by atoms with van der Waals surface area (Å²) in [4.78, 5) is 13.6. The molecule has 0 aliphatic heterocycles. The van der Waals surface area contributed by atoms with Gasteiger partial charge in [0.2, 0.25) is 5.91 Å². The molecule has 0 aliphatic rings. The number of carbonyl (C=O) groups excluding carboxylic acids is 1. The number of amides is 1. The first-order chi connectivity index (χ1) is 8.08. The molecule has 1 rings (SSSR count). The summed E-state index contributed by atoms with van der Waals surface area (Å²) < 4.78 is 0. The molecule has 1 unspecified atom stereocenters. The summed E-state index contributed by atoms with van der Waals surface area (Å²) in [6, 6.07) is 8.44. The van der Waals surface area contributed by atoms with Crippen LogP contribution in [0.3, 0.4) is 0 Å². The molecule has 2 nitrogen and oxygen atoms in total. The van der Waals surface area contributed by atoms with E-state index in [1.54, 1.807) is 4.90 Å². The van der Waals surface area contributed by atoms with Crippen LogP contribution in [0.25, 0.3) is 0 Å². The molecule has 0 bridgehead atoms. The maximum absolute atomic E-state index is 11.9. The minimum Gasteiger partial charge on any atom is -0.340 e. The highest BCUT2D eigenvalue weighted by Gasteiger charge is 2.16. The van der Waals surface area contributed by atoms with E-state index in [0.717, 1.165) is 12.8 Å². The molecule has 94 valence electrons. The van der Waals surface area contributed by atoms with Crippen LogP contribution in [0.5, 0.6) is 0 Å². The summed E-state index contributed by atoms with van der Waals surface area (Å²) in [6.07, 6.45) is 1.87. The summed E-state index contributed by atoms with van der Waals surface area (Å²) in [7, 11) is 1.85. The van der Waals surface area contributed by atoms with Crippen LogP contribution in [0, 0.1) is 0 Å². The van der Waals surface area contributed by atoms with Crippen molar-refractivity contribution in [2.75, 3.05) is 7.05 Å². The Kier molecular flexibility index (Phi) is 5.69. The largest absolute Gasteiger partial charge is 0.340 e. The van der Waals surface area contributed by atoms with Crippen molar-refractivity contribution < 1.29 is 4.79 Å². The number of nitrogens with zero attached hydrogens (tertiary/aromatic N) is 1. The van der Waals surface area contributed by atoms with Gasteiger partial charge in [-0.2, -0.15) is 0 Å². The second-order valence-corrected chi connectivity index (χ2v) is 5.35. The van der Waals surface area contributed by atoms with E-state index in [-0.39, 0.29) is 10.7 Å². The number of halogens is 1. The number of alkyl halides is 1. The van der Waals surface area contributed by atoms with Gasteiger partial charge >= 0.3 is 0 Å². The fourth-order valence-electron chi connectivity index (χ4n) is 1.65. The first-order valence-electron chi connectivity index (χ1n) is 6.05. The Morgan fingerprint density at radius 2 is 1.76 bits per heavy atom. The standard InChI is InChI=1S/C14H20BrNO/c1-4-11-6-8-12(9-7-11)10-16(3)14(17)13(15)5-2/h6-9,13H,4-5,10H2,1-3H3. The predicted molar refractivity (Wildman–Crippen MR) is 75.3 cm³/mol. The normalized spacial score (nSPS) is 12.2. The van der Waals surface area contributed by atoms with E-state index < -0.39 is 0 Å².